The molecule has 0 bridgehead atoms. The Morgan fingerprint density at radius 1 is 1.43 bits per heavy atom. The van der Waals surface area contributed by atoms with Crippen molar-refractivity contribution in [2.24, 2.45) is 0 Å². The van der Waals surface area contributed by atoms with Gasteiger partial charge in [0.15, 0.2) is 0 Å². The Balaban J connectivity index is 3.33. The van der Waals surface area contributed by atoms with Crippen molar-refractivity contribution < 1.29 is 18.3 Å². The first-order valence-corrected chi connectivity index (χ1v) is 3.57. The minimum Gasteiger partial charge on any atom is -0.465 e. The summed E-state index contributed by atoms with van der Waals surface area (Å²) >= 11 is 0. The number of ether oxygens (including phenoxy) is 1. The molecule has 0 atom stereocenters. The molecule has 3 nitrogen and oxygen atoms in total. The van der Waals surface area contributed by atoms with Gasteiger partial charge in [-0.05, 0) is 6.07 Å². The first-order valence-electron chi connectivity index (χ1n) is 3.57. The number of benzene rings is 1. The molecule has 0 spiro atoms. The van der Waals surface area contributed by atoms with Crippen molar-refractivity contribution in [3.63, 3.8) is 0 Å². The first-order chi connectivity index (χ1) is 6.60. The highest BCUT2D eigenvalue weighted by molar-refractivity contribution is 5.90. The zero-order valence-electron chi connectivity index (χ0n) is 7.17. The van der Waals surface area contributed by atoms with E-state index in [-0.39, 0.29) is 0 Å². The van der Waals surface area contributed by atoms with E-state index in [1.54, 1.807) is 0 Å². The summed E-state index contributed by atoms with van der Waals surface area (Å²) in [5.41, 5.74) is -0.850. The smallest absolute Gasteiger partial charge is 0.340 e. The predicted molar refractivity (Wildman–Crippen MR) is 42.4 cm³/mol. The van der Waals surface area contributed by atoms with Gasteiger partial charge in [-0.1, -0.05) is 0 Å². The molecule has 0 saturated carbocycles. The first kappa shape index (κ1) is 10.1. The number of rotatable bonds is 1. The molecule has 0 aliphatic carbocycles. The van der Waals surface area contributed by atoms with Gasteiger partial charge in [-0.3, -0.25) is 0 Å². The molecule has 0 heterocycles. The maximum absolute atomic E-state index is 13.0. The number of methoxy groups -OCH3 is 1. The summed E-state index contributed by atoms with van der Waals surface area (Å²) in [6.45, 7) is 0. The Morgan fingerprint density at radius 2 is 2.07 bits per heavy atom. The van der Waals surface area contributed by atoms with E-state index in [4.69, 9.17) is 5.26 Å². The molecule has 1 rings (SSSR count). The van der Waals surface area contributed by atoms with E-state index < -0.39 is 28.7 Å². The second-order valence-electron chi connectivity index (χ2n) is 2.42. The van der Waals surface area contributed by atoms with Gasteiger partial charge in [0.2, 0.25) is 0 Å². The summed E-state index contributed by atoms with van der Waals surface area (Å²) < 4.78 is 30.0. The Bertz CT molecular complexity index is 424. The molecule has 0 N–H and O–H groups in total. The van der Waals surface area contributed by atoms with E-state index >= 15 is 0 Å². The molecule has 0 amide bonds. The lowest BCUT2D eigenvalue weighted by atomic mass is 10.1. The minimum atomic E-state index is -1.05. The van der Waals surface area contributed by atoms with Gasteiger partial charge < -0.3 is 4.74 Å². The van der Waals surface area contributed by atoms with Crippen LogP contribution in [-0.4, -0.2) is 13.1 Å². The fourth-order valence-electron chi connectivity index (χ4n) is 0.901. The number of esters is 1. The summed E-state index contributed by atoms with van der Waals surface area (Å²) in [6, 6.07) is 2.79. The van der Waals surface area contributed by atoms with Crippen molar-refractivity contribution in [1.82, 2.24) is 0 Å². The Kier molecular flexibility index (Phi) is 2.77. The minimum absolute atomic E-state index is 0.396. The van der Waals surface area contributed by atoms with Crippen LogP contribution in [0.15, 0.2) is 12.1 Å². The molecule has 14 heavy (non-hydrogen) atoms. The Morgan fingerprint density at radius 3 is 2.57 bits per heavy atom. The third-order valence-electron chi connectivity index (χ3n) is 1.58. The molecule has 0 fully saturated rings. The van der Waals surface area contributed by atoms with Gasteiger partial charge in [0.1, 0.15) is 17.7 Å². The predicted octanol–water partition coefficient (Wildman–Crippen LogP) is 1.62. The standard InChI is InChI=1S/C9H5F2NO2/c1-14-9(13)6-2-5(4-12)7(10)3-8(6)11/h2-3H,1H3. The maximum Gasteiger partial charge on any atom is 0.340 e. The summed E-state index contributed by atoms with van der Waals surface area (Å²) in [5, 5.41) is 8.42. The zero-order chi connectivity index (χ0) is 10.7. The van der Waals surface area contributed by atoms with E-state index in [0.717, 1.165) is 13.2 Å². The molecule has 0 aliphatic rings. The van der Waals surface area contributed by atoms with Gasteiger partial charge in [-0.15, -0.1) is 0 Å². The number of carbonyl (C=O) groups is 1. The molecular weight excluding hydrogens is 192 g/mol. The van der Waals surface area contributed by atoms with Gasteiger partial charge in [0, 0.05) is 6.07 Å². The lowest BCUT2D eigenvalue weighted by molar-refractivity contribution is 0.0595. The topological polar surface area (TPSA) is 50.1 Å². The van der Waals surface area contributed by atoms with Gasteiger partial charge in [0.05, 0.1) is 18.2 Å². The number of nitriles is 1. The fraction of sp³-hybridized carbons (Fsp3) is 0.111. The van der Waals surface area contributed by atoms with Crippen molar-refractivity contribution in [1.29, 1.82) is 5.26 Å². The van der Waals surface area contributed by atoms with Crippen LogP contribution in [0.5, 0.6) is 0 Å². The van der Waals surface area contributed by atoms with E-state index in [1.807, 2.05) is 0 Å². The molecule has 0 saturated heterocycles. The Hall–Kier alpha value is -1.96. The number of hydrogen-bond acceptors (Lipinski definition) is 3. The summed E-state index contributed by atoms with van der Waals surface area (Å²) in [7, 11) is 1.07. The van der Waals surface area contributed by atoms with Crippen molar-refractivity contribution in [2.45, 2.75) is 0 Å². The van der Waals surface area contributed by atoms with Crippen LogP contribution in [-0.2, 0) is 4.74 Å². The summed E-state index contributed by atoms with van der Waals surface area (Å²) in [6.07, 6.45) is 0. The SMILES string of the molecule is COC(=O)c1cc(C#N)c(F)cc1F. The van der Waals surface area contributed by atoms with Crippen molar-refractivity contribution in [3.05, 3.63) is 34.9 Å². The fourth-order valence-corrected chi connectivity index (χ4v) is 0.901. The van der Waals surface area contributed by atoms with Crippen LogP contribution in [0.2, 0.25) is 0 Å². The second kappa shape index (κ2) is 3.83. The third-order valence-corrected chi connectivity index (χ3v) is 1.58. The lowest BCUT2D eigenvalue weighted by Crippen LogP contribution is -2.06. The normalized spacial score (nSPS) is 9.29. The van der Waals surface area contributed by atoms with Gasteiger partial charge in [-0.2, -0.15) is 5.26 Å². The van der Waals surface area contributed by atoms with Crippen LogP contribution in [0.1, 0.15) is 15.9 Å². The van der Waals surface area contributed by atoms with Crippen molar-refractivity contribution in [3.8, 4) is 6.07 Å². The zero-order valence-corrected chi connectivity index (χ0v) is 7.17. The molecule has 5 heteroatoms. The van der Waals surface area contributed by atoms with Crippen molar-refractivity contribution in [2.75, 3.05) is 7.11 Å². The average molecular weight is 197 g/mol. The summed E-state index contributed by atoms with van der Waals surface area (Å²) in [5.74, 6) is -3.00. The second-order valence-corrected chi connectivity index (χ2v) is 2.42. The van der Waals surface area contributed by atoms with E-state index in [0.29, 0.717) is 6.07 Å². The highest BCUT2D eigenvalue weighted by Gasteiger charge is 2.15. The average Bonchev–Trinajstić information content (AvgIpc) is 2.17. The molecule has 0 radical (unpaired) electrons. The molecule has 0 aromatic heterocycles. The van der Waals surface area contributed by atoms with Crippen LogP contribution in [0.25, 0.3) is 0 Å². The van der Waals surface area contributed by atoms with Crippen LogP contribution in [0.4, 0.5) is 8.78 Å². The van der Waals surface area contributed by atoms with E-state index in [2.05, 4.69) is 4.74 Å². The van der Waals surface area contributed by atoms with E-state index in [9.17, 15) is 13.6 Å². The molecule has 1 aromatic rings. The maximum atomic E-state index is 13.0. The molecule has 0 unspecified atom stereocenters. The molecule has 72 valence electrons. The van der Waals surface area contributed by atoms with Gasteiger partial charge in [-0.25, -0.2) is 13.6 Å². The molecule has 0 aliphatic heterocycles. The van der Waals surface area contributed by atoms with Crippen LogP contribution < -0.4 is 0 Å². The van der Waals surface area contributed by atoms with Crippen LogP contribution >= 0.6 is 0 Å². The van der Waals surface area contributed by atoms with Gasteiger partial charge in [0.25, 0.3) is 0 Å². The highest BCUT2D eigenvalue weighted by atomic mass is 19.1. The summed E-state index contributed by atoms with van der Waals surface area (Å²) in [4.78, 5) is 10.9. The highest BCUT2D eigenvalue weighted by Crippen LogP contribution is 2.14. The quantitative estimate of drug-likeness (QED) is 0.643. The van der Waals surface area contributed by atoms with Crippen LogP contribution in [0, 0.1) is 23.0 Å². The number of carbonyl (C=O) groups excluding carboxylic acids is 1. The monoisotopic (exact) mass is 197 g/mol. The number of hydrogen-bond donors (Lipinski definition) is 0. The largest absolute Gasteiger partial charge is 0.465 e. The third kappa shape index (κ3) is 1.69. The van der Waals surface area contributed by atoms with Crippen LogP contribution in [0.3, 0.4) is 0 Å². The molecule has 1 aromatic carbocycles. The number of halogens is 2. The Labute approximate surface area is 78.5 Å². The molecular formula is C9H5F2NO2. The van der Waals surface area contributed by atoms with Gasteiger partial charge >= 0.3 is 5.97 Å². The van der Waals surface area contributed by atoms with Crippen molar-refractivity contribution >= 4 is 5.97 Å². The van der Waals surface area contributed by atoms with E-state index in [1.165, 1.54) is 6.07 Å². The number of nitrogens with zero attached hydrogens (tertiary/aromatic N) is 1. The lowest BCUT2D eigenvalue weighted by Gasteiger charge is -2.01.